The molecule has 1 amide bonds. The summed E-state index contributed by atoms with van der Waals surface area (Å²) in [6.07, 6.45) is 0. The maximum Gasteiger partial charge on any atom is 0.250 e. The zero-order valence-corrected chi connectivity index (χ0v) is 11.2. The Labute approximate surface area is 108 Å². The number of nitrogens with two attached hydrogens (primary N) is 1. The van der Waals surface area contributed by atoms with Gasteiger partial charge in [0, 0.05) is 30.9 Å². The zero-order valence-electron chi connectivity index (χ0n) is 11.2. The summed E-state index contributed by atoms with van der Waals surface area (Å²) in [6.45, 7) is 8.14. The summed E-state index contributed by atoms with van der Waals surface area (Å²) in [5, 5.41) is 3.48. The molecule has 2 rings (SSSR count). The number of amides is 1. The van der Waals surface area contributed by atoms with Crippen LogP contribution in [0.2, 0.25) is 0 Å². The van der Waals surface area contributed by atoms with Crippen molar-refractivity contribution in [1.29, 1.82) is 0 Å². The van der Waals surface area contributed by atoms with Gasteiger partial charge in [-0.3, -0.25) is 4.79 Å². The highest BCUT2D eigenvalue weighted by molar-refractivity contribution is 5.98. The smallest absolute Gasteiger partial charge is 0.250 e. The minimum atomic E-state index is -0.358. The van der Waals surface area contributed by atoms with Crippen molar-refractivity contribution in [2.24, 2.45) is 5.73 Å². The van der Waals surface area contributed by atoms with E-state index in [1.807, 2.05) is 25.1 Å². The summed E-state index contributed by atoms with van der Waals surface area (Å²) in [7, 11) is 0. The summed E-state index contributed by atoms with van der Waals surface area (Å²) < 4.78 is 0. The molecular formula is C14H21N3O. The number of primary amides is 1. The SMILES string of the molecule is Cc1ccc(C(N)=O)c(N2CC(C)NC(C)C2)c1. The van der Waals surface area contributed by atoms with Crippen molar-refractivity contribution in [3.05, 3.63) is 29.3 Å². The Morgan fingerprint density at radius 1 is 1.33 bits per heavy atom. The van der Waals surface area contributed by atoms with Gasteiger partial charge in [0.05, 0.1) is 5.56 Å². The normalized spacial score (nSPS) is 24.1. The summed E-state index contributed by atoms with van der Waals surface area (Å²) in [5.41, 5.74) is 8.18. The zero-order chi connectivity index (χ0) is 13.3. The van der Waals surface area contributed by atoms with Gasteiger partial charge in [-0.2, -0.15) is 0 Å². The third-order valence-electron chi connectivity index (χ3n) is 3.32. The number of aryl methyl sites for hydroxylation is 1. The standard InChI is InChI=1S/C14H21N3O/c1-9-4-5-12(14(15)18)13(6-9)17-7-10(2)16-11(3)8-17/h4-6,10-11,16H,7-8H2,1-3H3,(H2,15,18). The summed E-state index contributed by atoms with van der Waals surface area (Å²) in [4.78, 5) is 13.8. The molecule has 1 aromatic rings. The number of hydrogen-bond acceptors (Lipinski definition) is 3. The number of carbonyl (C=O) groups is 1. The Kier molecular flexibility index (Phi) is 3.57. The van der Waals surface area contributed by atoms with Gasteiger partial charge >= 0.3 is 0 Å². The van der Waals surface area contributed by atoms with Crippen LogP contribution in [0.1, 0.15) is 29.8 Å². The number of piperazine rings is 1. The Morgan fingerprint density at radius 2 is 1.94 bits per heavy atom. The molecule has 3 N–H and O–H groups in total. The van der Waals surface area contributed by atoms with Crippen LogP contribution in [0.5, 0.6) is 0 Å². The van der Waals surface area contributed by atoms with Crippen LogP contribution in [0.4, 0.5) is 5.69 Å². The molecule has 0 spiro atoms. The average Bonchev–Trinajstić information content (AvgIpc) is 2.27. The molecule has 1 aromatic carbocycles. The maximum atomic E-state index is 11.5. The fourth-order valence-corrected chi connectivity index (χ4v) is 2.64. The molecule has 1 aliphatic rings. The third kappa shape index (κ3) is 2.64. The minimum absolute atomic E-state index is 0.358. The first-order chi connectivity index (χ1) is 8.47. The van der Waals surface area contributed by atoms with Crippen LogP contribution < -0.4 is 16.0 Å². The monoisotopic (exact) mass is 247 g/mol. The first kappa shape index (κ1) is 12.9. The van der Waals surface area contributed by atoms with Gasteiger partial charge in [0.25, 0.3) is 5.91 Å². The van der Waals surface area contributed by atoms with E-state index >= 15 is 0 Å². The van der Waals surface area contributed by atoms with Crippen LogP contribution in [-0.2, 0) is 0 Å². The molecule has 1 heterocycles. The van der Waals surface area contributed by atoms with Gasteiger partial charge in [-0.05, 0) is 38.5 Å². The molecule has 4 heteroatoms. The number of benzene rings is 1. The van der Waals surface area contributed by atoms with Crippen molar-refractivity contribution in [3.63, 3.8) is 0 Å². The topological polar surface area (TPSA) is 58.4 Å². The van der Waals surface area contributed by atoms with Crippen LogP contribution in [0, 0.1) is 6.92 Å². The first-order valence-corrected chi connectivity index (χ1v) is 6.39. The van der Waals surface area contributed by atoms with Crippen molar-refractivity contribution in [2.45, 2.75) is 32.9 Å². The van der Waals surface area contributed by atoms with Crippen molar-refractivity contribution in [2.75, 3.05) is 18.0 Å². The minimum Gasteiger partial charge on any atom is -0.368 e. The molecule has 1 fully saturated rings. The molecule has 0 radical (unpaired) electrons. The Bertz CT molecular complexity index is 448. The van der Waals surface area contributed by atoms with E-state index in [1.54, 1.807) is 0 Å². The number of carbonyl (C=O) groups excluding carboxylic acids is 1. The second kappa shape index (κ2) is 4.98. The Hall–Kier alpha value is -1.55. The fourth-order valence-electron chi connectivity index (χ4n) is 2.64. The molecule has 0 aromatic heterocycles. The molecule has 1 saturated heterocycles. The predicted molar refractivity (Wildman–Crippen MR) is 74.0 cm³/mol. The lowest BCUT2D eigenvalue weighted by molar-refractivity contribution is 0.100. The van der Waals surface area contributed by atoms with Gasteiger partial charge in [0.1, 0.15) is 0 Å². The quantitative estimate of drug-likeness (QED) is 0.827. The Balaban J connectivity index is 2.36. The highest BCUT2D eigenvalue weighted by Gasteiger charge is 2.23. The van der Waals surface area contributed by atoms with E-state index in [0.29, 0.717) is 17.6 Å². The lowest BCUT2D eigenvalue weighted by atomic mass is 10.0. The van der Waals surface area contributed by atoms with Crippen LogP contribution in [0.15, 0.2) is 18.2 Å². The van der Waals surface area contributed by atoms with Gasteiger partial charge < -0.3 is 16.0 Å². The van der Waals surface area contributed by atoms with E-state index in [4.69, 9.17) is 5.73 Å². The maximum absolute atomic E-state index is 11.5. The molecule has 0 saturated carbocycles. The van der Waals surface area contributed by atoms with E-state index in [2.05, 4.69) is 24.1 Å². The lowest BCUT2D eigenvalue weighted by Gasteiger charge is -2.38. The summed E-state index contributed by atoms with van der Waals surface area (Å²) in [5.74, 6) is -0.358. The van der Waals surface area contributed by atoms with Crippen LogP contribution in [-0.4, -0.2) is 31.1 Å². The van der Waals surface area contributed by atoms with Crippen LogP contribution in [0.3, 0.4) is 0 Å². The van der Waals surface area contributed by atoms with E-state index in [-0.39, 0.29) is 5.91 Å². The largest absolute Gasteiger partial charge is 0.368 e. The molecule has 0 bridgehead atoms. The molecule has 18 heavy (non-hydrogen) atoms. The lowest BCUT2D eigenvalue weighted by Crippen LogP contribution is -2.54. The second-order valence-corrected chi connectivity index (χ2v) is 5.26. The van der Waals surface area contributed by atoms with E-state index < -0.39 is 0 Å². The molecule has 0 aliphatic carbocycles. The molecule has 1 aliphatic heterocycles. The van der Waals surface area contributed by atoms with Crippen LogP contribution in [0.25, 0.3) is 0 Å². The summed E-state index contributed by atoms with van der Waals surface area (Å²) in [6, 6.07) is 6.62. The fraction of sp³-hybridized carbons (Fsp3) is 0.500. The number of nitrogens with zero attached hydrogens (tertiary/aromatic N) is 1. The predicted octanol–water partition coefficient (Wildman–Crippen LogP) is 1.28. The highest BCUT2D eigenvalue weighted by atomic mass is 16.1. The van der Waals surface area contributed by atoms with E-state index in [0.717, 1.165) is 24.3 Å². The van der Waals surface area contributed by atoms with Crippen molar-refractivity contribution in [1.82, 2.24) is 5.32 Å². The summed E-state index contributed by atoms with van der Waals surface area (Å²) >= 11 is 0. The Morgan fingerprint density at radius 3 is 2.50 bits per heavy atom. The van der Waals surface area contributed by atoms with E-state index in [9.17, 15) is 4.79 Å². The van der Waals surface area contributed by atoms with Crippen molar-refractivity contribution >= 4 is 11.6 Å². The van der Waals surface area contributed by atoms with Gasteiger partial charge in [-0.1, -0.05) is 6.07 Å². The van der Waals surface area contributed by atoms with E-state index in [1.165, 1.54) is 0 Å². The second-order valence-electron chi connectivity index (χ2n) is 5.26. The number of anilines is 1. The molecular weight excluding hydrogens is 226 g/mol. The van der Waals surface area contributed by atoms with Gasteiger partial charge in [0.2, 0.25) is 0 Å². The molecule has 2 atom stereocenters. The molecule has 2 unspecified atom stereocenters. The molecule has 98 valence electrons. The number of rotatable bonds is 2. The number of nitrogens with one attached hydrogen (secondary N) is 1. The molecule has 4 nitrogen and oxygen atoms in total. The average molecular weight is 247 g/mol. The first-order valence-electron chi connectivity index (χ1n) is 6.39. The van der Waals surface area contributed by atoms with Gasteiger partial charge in [-0.15, -0.1) is 0 Å². The van der Waals surface area contributed by atoms with Gasteiger partial charge in [-0.25, -0.2) is 0 Å². The highest BCUT2D eigenvalue weighted by Crippen LogP contribution is 2.24. The van der Waals surface area contributed by atoms with Crippen LogP contribution >= 0.6 is 0 Å². The van der Waals surface area contributed by atoms with Crippen molar-refractivity contribution in [3.8, 4) is 0 Å². The third-order valence-corrected chi connectivity index (χ3v) is 3.32. The van der Waals surface area contributed by atoms with Gasteiger partial charge in [0.15, 0.2) is 0 Å². The van der Waals surface area contributed by atoms with Crippen molar-refractivity contribution < 1.29 is 4.79 Å². The number of hydrogen-bond donors (Lipinski definition) is 2.